The van der Waals surface area contributed by atoms with E-state index in [0.29, 0.717) is 38.1 Å². The molecule has 0 aliphatic carbocycles. The molecule has 10 heteroatoms. The minimum absolute atomic E-state index is 0.174. The van der Waals surface area contributed by atoms with E-state index in [1.807, 2.05) is 12.1 Å². The van der Waals surface area contributed by atoms with Crippen LogP contribution in [-0.4, -0.2) is 17.8 Å². The Bertz CT molecular complexity index is 1300. The van der Waals surface area contributed by atoms with Crippen LogP contribution in [0.5, 0.6) is 5.75 Å². The summed E-state index contributed by atoms with van der Waals surface area (Å²) in [6.45, 7) is 0.339. The molecule has 0 bridgehead atoms. The van der Waals surface area contributed by atoms with Crippen LogP contribution in [0.3, 0.4) is 0 Å². The van der Waals surface area contributed by atoms with E-state index in [9.17, 15) is 14.4 Å². The minimum Gasteiger partial charge on any atom is -0.487 e. The molecule has 6 nitrogen and oxygen atoms in total. The number of halogens is 4. The molecule has 1 aliphatic heterocycles. The van der Waals surface area contributed by atoms with Crippen molar-refractivity contribution in [2.24, 2.45) is 0 Å². The highest BCUT2D eigenvalue weighted by atomic mass is 127. The number of ether oxygens (including phenoxy) is 1. The Morgan fingerprint density at radius 3 is 2.21 bits per heavy atom. The lowest BCUT2D eigenvalue weighted by molar-refractivity contribution is -0.122. The fraction of sp³-hybridized carbons (Fsp3) is 0.0417. The number of carbonyl (C=O) groups is 3. The highest BCUT2D eigenvalue weighted by Crippen LogP contribution is 2.34. The predicted octanol–water partition coefficient (Wildman–Crippen LogP) is 6.61. The van der Waals surface area contributed by atoms with Crippen molar-refractivity contribution in [3.8, 4) is 5.75 Å². The van der Waals surface area contributed by atoms with Crippen molar-refractivity contribution in [2.75, 3.05) is 4.90 Å². The van der Waals surface area contributed by atoms with Crippen LogP contribution in [0.15, 0.2) is 70.7 Å². The van der Waals surface area contributed by atoms with E-state index in [1.165, 1.54) is 18.2 Å². The number of benzene rings is 3. The van der Waals surface area contributed by atoms with E-state index in [0.717, 1.165) is 14.0 Å². The number of urea groups is 1. The van der Waals surface area contributed by atoms with Gasteiger partial charge in [0, 0.05) is 10.0 Å². The molecular formula is C24H14BrCl2IN2O4. The van der Waals surface area contributed by atoms with Crippen LogP contribution in [0.1, 0.15) is 11.1 Å². The van der Waals surface area contributed by atoms with Crippen LogP contribution < -0.4 is 15.0 Å². The van der Waals surface area contributed by atoms with Crippen molar-refractivity contribution in [3.63, 3.8) is 0 Å². The van der Waals surface area contributed by atoms with Crippen molar-refractivity contribution in [2.45, 2.75) is 6.61 Å². The van der Waals surface area contributed by atoms with Gasteiger partial charge in [0.1, 0.15) is 17.9 Å². The molecule has 3 aromatic rings. The zero-order valence-corrected chi connectivity index (χ0v) is 22.4. The molecule has 1 saturated heterocycles. The van der Waals surface area contributed by atoms with Crippen molar-refractivity contribution in [1.82, 2.24) is 5.32 Å². The lowest BCUT2D eigenvalue weighted by atomic mass is 10.1. The normalized spacial score (nSPS) is 15.0. The number of carbonyl (C=O) groups excluding carboxylic acids is 3. The third kappa shape index (κ3) is 5.46. The zero-order chi connectivity index (χ0) is 24.4. The Hall–Kier alpha value is -2.40. The fourth-order valence-electron chi connectivity index (χ4n) is 3.19. The Morgan fingerprint density at radius 2 is 1.59 bits per heavy atom. The van der Waals surface area contributed by atoms with E-state index >= 15 is 0 Å². The number of anilines is 1. The first kappa shape index (κ1) is 24.7. The van der Waals surface area contributed by atoms with Crippen molar-refractivity contribution >= 4 is 91.3 Å². The van der Waals surface area contributed by atoms with Gasteiger partial charge in [0.2, 0.25) is 0 Å². The van der Waals surface area contributed by atoms with Gasteiger partial charge in [0.15, 0.2) is 0 Å². The summed E-state index contributed by atoms with van der Waals surface area (Å²) in [6.07, 6.45) is 1.43. The number of nitrogens with zero attached hydrogens (tertiary/aromatic N) is 1. The van der Waals surface area contributed by atoms with Gasteiger partial charge in [-0.25, -0.2) is 9.69 Å². The SMILES string of the molecule is O=C1NC(=O)N(c2ccc(Cl)cc2)C(=O)/C1=C/c1cc(Br)c(OCc2ccc(Cl)cc2)c(I)c1. The summed E-state index contributed by atoms with van der Waals surface area (Å²) in [7, 11) is 0. The molecular weight excluding hydrogens is 658 g/mol. The van der Waals surface area contributed by atoms with Crippen LogP contribution in [0.25, 0.3) is 6.08 Å². The maximum absolute atomic E-state index is 13.1. The summed E-state index contributed by atoms with van der Waals surface area (Å²) in [4.78, 5) is 38.7. The zero-order valence-electron chi connectivity index (χ0n) is 17.2. The number of hydrogen-bond acceptors (Lipinski definition) is 4. The molecule has 34 heavy (non-hydrogen) atoms. The van der Waals surface area contributed by atoms with E-state index in [4.69, 9.17) is 27.9 Å². The Kier molecular flexibility index (Phi) is 7.61. The second kappa shape index (κ2) is 10.5. The Morgan fingerprint density at radius 1 is 0.971 bits per heavy atom. The molecule has 4 amide bonds. The first-order valence-electron chi connectivity index (χ1n) is 9.76. The molecule has 0 saturated carbocycles. The van der Waals surface area contributed by atoms with E-state index in [-0.39, 0.29) is 5.57 Å². The summed E-state index contributed by atoms with van der Waals surface area (Å²) < 4.78 is 7.36. The molecule has 0 unspecified atom stereocenters. The number of imide groups is 2. The second-order valence-electron chi connectivity index (χ2n) is 7.16. The molecule has 1 N–H and O–H groups in total. The van der Waals surface area contributed by atoms with Gasteiger partial charge in [0.05, 0.1) is 13.7 Å². The lowest BCUT2D eigenvalue weighted by Gasteiger charge is -2.26. The van der Waals surface area contributed by atoms with Gasteiger partial charge in [-0.15, -0.1) is 0 Å². The molecule has 1 aliphatic rings. The summed E-state index contributed by atoms with van der Waals surface area (Å²) >= 11 is 17.4. The quantitative estimate of drug-likeness (QED) is 0.188. The largest absolute Gasteiger partial charge is 0.487 e. The van der Waals surface area contributed by atoms with Gasteiger partial charge >= 0.3 is 6.03 Å². The third-order valence-electron chi connectivity index (χ3n) is 4.81. The van der Waals surface area contributed by atoms with E-state index in [2.05, 4.69) is 43.8 Å². The highest BCUT2D eigenvalue weighted by Gasteiger charge is 2.36. The van der Waals surface area contributed by atoms with Gasteiger partial charge in [-0.1, -0.05) is 35.3 Å². The number of hydrogen-bond donors (Lipinski definition) is 1. The average Bonchev–Trinajstić information content (AvgIpc) is 2.78. The molecule has 0 atom stereocenters. The van der Waals surface area contributed by atoms with Crippen LogP contribution in [0, 0.1) is 3.57 Å². The molecule has 0 spiro atoms. The molecule has 1 heterocycles. The highest BCUT2D eigenvalue weighted by molar-refractivity contribution is 14.1. The molecule has 3 aromatic carbocycles. The van der Waals surface area contributed by atoms with Crippen molar-refractivity contribution in [3.05, 3.63) is 95.5 Å². The maximum atomic E-state index is 13.1. The molecule has 0 aromatic heterocycles. The first-order valence-corrected chi connectivity index (χ1v) is 12.4. The third-order valence-corrected chi connectivity index (χ3v) is 6.71. The number of barbiturate groups is 1. The average molecular weight is 672 g/mol. The van der Waals surface area contributed by atoms with Crippen molar-refractivity contribution < 1.29 is 19.1 Å². The summed E-state index contributed by atoms with van der Waals surface area (Å²) in [5.41, 5.74) is 1.66. The Labute approximate surface area is 227 Å². The van der Waals surface area contributed by atoms with E-state index in [1.54, 1.807) is 36.4 Å². The summed E-state index contributed by atoms with van der Waals surface area (Å²) in [5, 5.41) is 3.31. The van der Waals surface area contributed by atoms with E-state index < -0.39 is 17.8 Å². The van der Waals surface area contributed by atoms with Gasteiger partial charge in [-0.05, 0) is 104 Å². The number of amides is 4. The summed E-state index contributed by atoms with van der Waals surface area (Å²) in [6, 6.07) is 16.2. The number of rotatable bonds is 5. The standard InChI is InChI=1S/C24H14BrCl2IN2O4/c25-19-10-14(11-20(28)21(19)34-12-13-1-3-15(26)4-2-13)9-18-22(31)29-24(33)30(23(18)32)17-7-5-16(27)6-8-17/h1-11H,12H2,(H,29,31,33)/b18-9+. The fourth-order valence-corrected chi connectivity index (χ4v) is 5.21. The molecule has 0 radical (unpaired) electrons. The maximum Gasteiger partial charge on any atom is 0.335 e. The van der Waals surface area contributed by atoms with Crippen LogP contribution >= 0.6 is 61.7 Å². The van der Waals surface area contributed by atoms with Gasteiger partial charge in [0.25, 0.3) is 11.8 Å². The first-order chi connectivity index (χ1) is 16.2. The minimum atomic E-state index is -0.823. The van der Waals surface area contributed by atoms with Gasteiger partial charge in [-0.2, -0.15) is 0 Å². The topological polar surface area (TPSA) is 75.7 Å². The summed E-state index contributed by atoms with van der Waals surface area (Å²) in [5.74, 6) is -0.880. The Balaban J connectivity index is 1.60. The van der Waals surface area contributed by atoms with Crippen LogP contribution in [0.4, 0.5) is 10.5 Å². The molecule has 1 fully saturated rings. The molecule has 4 rings (SSSR count). The van der Waals surface area contributed by atoms with Crippen molar-refractivity contribution in [1.29, 1.82) is 0 Å². The van der Waals surface area contributed by atoms with Crippen LogP contribution in [-0.2, 0) is 16.2 Å². The smallest absolute Gasteiger partial charge is 0.335 e. The monoisotopic (exact) mass is 670 g/mol. The second-order valence-corrected chi connectivity index (χ2v) is 10.1. The van der Waals surface area contributed by atoms with Gasteiger partial charge in [-0.3, -0.25) is 14.9 Å². The lowest BCUT2D eigenvalue weighted by Crippen LogP contribution is -2.54. The van der Waals surface area contributed by atoms with Gasteiger partial charge < -0.3 is 4.74 Å². The van der Waals surface area contributed by atoms with Crippen LogP contribution in [0.2, 0.25) is 10.0 Å². The predicted molar refractivity (Wildman–Crippen MR) is 143 cm³/mol. The molecule has 172 valence electrons. The number of nitrogens with one attached hydrogen (secondary N) is 1.